The van der Waals surface area contributed by atoms with Gasteiger partial charge in [-0.15, -0.1) is 0 Å². The third kappa shape index (κ3) is 3.30. The molecule has 0 saturated carbocycles. The average molecular weight is 293 g/mol. The van der Waals surface area contributed by atoms with Crippen molar-refractivity contribution in [3.8, 4) is 0 Å². The van der Waals surface area contributed by atoms with Crippen molar-refractivity contribution in [2.75, 3.05) is 31.1 Å². The molecule has 2 rings (SSSR count). The minimum atomic E-state index is -0.419. The third-order valence-corrected chi connectivity index (χ3v) is 3.50. The monoisotopic (exact) mass is 293 g/mol. The molecule has 1 aromatic rings. The van der Waals surface area contributed by atoms with Gasteiger partial charge in [-0.25, -0.2) is 4.79 Å². The van der Waals surface area contributed by atoms with Gasteiger partial charge in [-0.05, 0) is 25.5 Å². The highest BCUT2D eigenvalue weighted by atomic mass is 16.6. The van der Waals surface area contributed by atoms with Gasteiger partial charge in [-0.1, -0.05) is 0 Å². The number of nitrogens with zero attached hydrogens (tertiary/aromatic N) is 2. The predicted octanol–water partition coefficient (Wildman–Crippen LogP) is 1.24. The first-order valence-electron chi connectivity index (χ1n) is 6.93. The first-order valence-corrected chi connectivity index (χ1v) is 6.93. The summed E-state index contributed by atoms with van der Waals surface area (Å²) in [7, 11) is 0. The number of piperazine rings is 1. The van der Waals surface area contributed by atoms with E-state index in [4.69, 9.17) is 4.74 Å². The van der Waals surface area contributed by atoms with Crippen molar-refractivity contribution < 1.29 is 14.5 Å². The summed E-state index contributed by atoms with van der Waals surface area (Å²) in [5, 5.41) is 14.0. The average Bonchev–Trinajstić information content (AvgIpc) is 2.47. The Balaban J connectivity index is 2.29. The Hall–Kier alpha value is -2.15. The van der Waals surface area contributed by atoms with Crippen LogP contribution in [0.2, 0.25) is 0 Å². The van der Waals surface area contributed by atoms with Gasteiger partial charge < -0.3 is 15.0 Å². The highest BCUT2D eigenvalue weighted by Gasteiger charge is 2.31. The van der Waals surface area contributed by atoms with Crippen LogP contribution < -0.4 is 10.2 Å². The molecule has 0 spiro atoms. The lowest BCUT2D eigenvalue weighted by molar-refractivity contribution is -0.384. The van der Waals surface area contributed by atoms with E-state index in [0.29, 0.717) is 19.7 Å². The molecular weight excluding hydrogens is 274 g/mol. The van der Waals surface area contributed by atoms with E-state index < -0.39 is 11.0 Å². The van der Waals surface area contributed by atoms with Crippen molar-refractivity contribution in [1.82, 2.24) is 5.32 Å². The number of nitro benzene ring substituents is 1. The number of carbonyl (C=O) groups is 1. The molecule has 1 aliphatic rings. The predicted molar refractivity (Wildman–Crippen MR) is 78.5 cm³/mol. The summed E-state index contributed by atoms with van der Waals surface area (Å²) in [4.78, 5) is 24.4. The van der Waals surface area contributed by atoms with Gasteiger partial charge in [0.05, 0.1) is 11.5 Å². The van der Waals surface area contributed by atoms with E-state index in [2.05, 4.69) is 5.32 Å². The van der Waals surface area contributed by atoms with Crippen molar-refractivity contribution >= 4 is 17.3 Å². The first-order chi connectivity index (χ1) is 10.0. The Morgan fingerprint density at radius 3 is 2.95 bits per heavy atom. The number of rotatable bonds is 4. The van der Waals surface area contributed by atoms with Gasteiger partial charge in [-0.2, -0.15) is 0 Å². The van der Waals surface area contributed by atoms with E-state index >= 15 is 0 Å². The number of esters is 1. The summed E-state index contributed by atoms with van der Waals surface area (Å²) < 4.78 is 5.11. The Morgan fingerprint density at radius 2 is 2.33 bits per heavy atom. The number of aryl methyl sites for hydroxylation is 1. The van der Waals surface area contributed by atoms with Crippen molar-refractivity contribution in [2.24, 2.45) is 0 Å². The van der Waals surface area contributed by atoms with Crippen LogP contribution in [-0.2, 0) is 9.53 Å². The molecule has 114 valence electrons. The van der Waals surface area contributed by atoms with Crippen molar-refractivity contribution in [2.45, 2.75) is 19.9 Å². The minimum absolute atomic E-state index is 0.0547. The van der Waals surface area contributed by atoms with Crippen LogP contribution in [0.5, 0.6) is 0 Å². The number of non-ortho nitro benzene ring substituents is 1. The summed E-state index contributed by atoms with van der Waals surface area (Å²) in [6, 6.07) is 4.29. The van der Waals surface area contributed by atoms with Crippen LogP contribution in [0.15, 0.2) is 18.2 Å². The van der Waals surface area contributed by atoms with Crippen molar-refractivity contribution in [1.29, 1.82) is 0 Å². The fraction of sp³-hybridized carbons (Fsp3) is 0.500. The van der Waals surface area contributed by atoms with Crippen LogP contribution in [0.25, 0.3) is 0 Å². The molecule has 1 N–H and O–H groups in total. The zero-order valence-electron chi connectivity index (χ0n) is 12.2. The van der Waals surface area contributed by atoms with Gasteiger partial charge in [0.2, 0.25) is 0 Å². The van der Waals surface area contributed by atoms with Crippen LogP contribution >= 0.6 is 0 Å². The van der Waals surface area contributed by atoms with Gasteiger partial charge in [0, 0.05) is 37.5 Å². The fourth-order valence-electron chi connectivity index (χ4n) is 2.52. The number of ether oxygens (including phenoxy) is 1. The van der Waals surface area contributed by atoms with Gasteiger partial charge in [-0.3, -0.25) is 10.1 Å². The van der Waals surface area contributed by atoms with Crippen LogP contribution in [0.4, 0.5) is 11.4 Å². The molecule has 0 aliphatic carbocycles. The lowest BCUT2D eigenvalue weighted by Crippen LogP contribution is -2.55. The molecule has 1 aliphatic heterocycles. The summed E-state index contributed by atoms with van der Waals surface area (Å²) in [6.45, 7) is 5.84. The van der Waals surface area contributed by atoms with Gasteiger partial charge in [0.15, 0.2) is 0 Å². The number of hydrogen-bond donors (Lipinski definition) is 1. The summed E-state index contributed by atoms with van der Waals surface area (Å²) in [6.07, 6.45) is 0. The van der Waals surface area contributed by atoms with Crippen molar-refractivity contribution in [3.63, 3.8) is 0 Å². The topological polar surface area (TPSA) is 84.7 Å². The summed E-state index contributed by atoms with van der Waals surface area (Å²) in [5.74, 6) is -0.276. The lowest BCUT2D eigenvalue weighted by atomic mass is 10.1. The summed E-state index contributed by atoms with van der Waals surface area (Å²) in [5.41, 5.74) is 1.67. The second kappa shape index (κ2) is 6.53. The molecule has 0 radical (unpaired) electrons. The van der Waals surface area contributed by atoms with Crippen LogP contribution in [0, 0.1) is 17.0 Å². The number of hydrogen-bond acceptors (Lipinski definition) is 6. The second-order valence-electron chi connectivity index (χ2n) is 4.89. The highest BCUT2D eigenvalue weighted by molar-refractivity contribution is 5.81. The van der Waals surface area contributed by atoms with E-state index in [9.17, 15) is 14.9 Å². The smallest absolute Gasteiger partial charge is 0.330 e. The van der Waals surface area contributed by atoms with E-state index in [1.165, 1.54) is 12.1 Å². The van der Waals surface area contributed by atoms with E-state index in [1.54, 1.807) is 13.0 Å². The standard InChI is InChI=1S/C14H19N3O4/c1-3-21-14(18)13-9-15-6-7-16(13)12-5-4-11(17(19)20)8-10(12)2/h4-5,8,13,15H,3,6-7,9H2,1-2H3. The van der Waals surface area contributed by atoms with E-state index in [1.807, 2.05) is 11.8 Å². The minimum Gasteiger partial charge on any atom is -0.464 e. The van der Waals surface area contributed by atoms with Crippen LogP contribution in [0.3, 0.4) is 0 Å². The molecule has 1 atom stereocenters. The molecule has 0 amide bonds. The third-order valence-electron chi connectivity index (χ3n) is 3.50. The Morgan fingerprint density at radius 1 is 1.57 bits per heavy atom. The number of nitrogens with one attached hydrogen (secondary N) is 1. The molecule has 1 heterocycles. The molecule has 7 heteroatoms. The Bertz CT molecular complexity index is 547. The Kier molecular flexibility index (Phi) is 4.74. The van der Waals surface area contributed by atoms with E-state index in [0.717, 1.165) is 17.8 Å². The van der Waals surface area contributed by atoms with Crippen LogP contribution in [-0.4, -0.2) is 43.2 Å². The summed E-state index contributed by atoms with van der Waals surface area (Å²) >= 11 is 0. The Labute approximate surface area is 123 Å². The lowest BCUT2D eigenvalue weighted by Gasteiger charge is -2.37. The van der Waals surface area contributed by atoms with Crippen molar-refractivity contribution in [3.05, 3.63) is 33.9 Å². The molecule has 7 nitrogen and oxygen atoms in total. The maximum Gasteiger partial charge on any atom is 0.330 e. The van der Waals surface area contributed by atoms with E-state index in [-0.39, 0.29) is 11.7 Å². The molecule has 0 aromatic heterocycles. The van der Waals surface area contributed by atoms with Crippen LogP contribution in [0.1, 0.15) is 12.5 Å². The molecule has 1 aromatic carbocycles. The molecule has 1 saturated heterocycles. The van der Waals surface area contributed by atoms with Gasteiger partial charge >= 0.3 is 5.97 Å². The van der Waals surface area contributed by atoms with Gasteiger partial charge in [0.25, 0.3) is 5.69 Å². The molecule has 1 fully saturated rings. The zero-order valence-corrected chi connectivity index (χ0v) is 12.2. The maximum absolute atomic E-state index is 12.1. The fourth-order valence-corrected chi connectivity index (χ4v) is 2.52. The molecule has 1 unspecified atom stereocenters. The zero-order chi connectivity index (χ0) is 15.4. The number of carbonyl (C=O) groups excluding carboxylic acids is 1. The highest BCUT2D eigenvalue weighted by Crippen LogP contribution is 2.27. The number of anilines is 1. The van der Waals surface area contributed by atoms with Gasteiger partial charge in [0.1, 0.15) is 6.04 Å². The second-order valence-corrected chi connectivity index (χ2v) is 4.89. The number of nitro groups is 1. The molecule has 0 bridgehead atoms. The maximum atomic E-state index is 12.1. The largest absolute Gasteiger partial charge is 0.464 e. The molecular formula is C14H19N3O4. The normalized spacial score (nSPS) is 18.4. The molecule has 21 heavy (non-hydrogen) atoms. The first kappa shape index (κ1) is 15.2. The SMILES string of the molecule is CCOC(=O)C1CNCCN1c1ccc([N+](=O)[O-])cc1C. The number of benzene rings is 1. The quantitative estimate of drug-likeness (QED) is 0.511.